The highest BCUT2D eigenvalue weighted by molar-refractivity contribution is 9.10. The molecule has 0 saturated carbocycles. The highest BCUT2D eigenvalue weighted by Gasteiger charge is 2.35. The first kappa shape index (κ1) is 20.6. The third kappa shape index (κ3) is 5.20. The van der Waals surface area contributed by atoms with Gasteiger partial charge in [0.1, 0.15) is 0 Å². The van der Waals surface area contributed by atoms with Crippen LogP contribution in [0.15, 0.2) is 53.0 Å². The van der Waals surface area contributed by atoms with Crippen molar-refractivity contribution in [1.29, 1.82) is 0 Å². The van der Waals surface area contributed by atoms with E-state index in [1.165, 1.54) is 0 Å². The van der Waals surface area contributed by atoms with E-state index in [9.17, 15) is 9.59 Å². The molecule has 1 aliphatic rings. The average molecular weight is 445 g/mol. The minimum absolute atomic E-state index is 0.0279. The molecule has 1 saturated heterocycles. The summed E-state index contributed by atoms with van der Waals surface area (Å²) in [7, 11) is 0. The van der Waals surface area contributed by atoms with Crippen LogP contribution in [0.2, 0.25) is 0 Å². The zero-order chi connectivity index (χ0) is 20.1. The topological polar surface area (TPSA) is 58.6 Å². The SMILES string of the molecule is CC(C)OCc1cccc(CNC(=O)C2CC(=O)N(c3ccccc3Br)C2)c1. The number of anilines is 1. The van der Waals surface area contributed by atoms with Gasteiger partial charge in [-0.2, -0.15) is 0 Å². The Balaban J connectivity index is 1.57. The van der Waals surface area contributed by atoms with E-state index in [2.05, 4.69) is 21.2 Å². The summed E-state index contributed by atoms with van der Waals surface area (Å²) in [6.45, 7) is 5.40. The molecule has 0 aromatic heterocycles. The molecule has 6 heteroatoms. The first-order valence-electron chi connectivity index (χ1n) is 9.46. The van der Waals surface area contributed by atoms with E-state index in [1.807, 2.05) is 62.4 Å². The summed E-state index contributed by atoms with van der Waals surface area (Å²) in [6, 6.07) is 15.6. The van der Waals surface area contributed by atoms with E-state index in [1.54, 1.807) is 4.90 Å². The first-order valence-corrected chi connectivity index (χ1v) is 10.3. The number of rotatable bonds is 7. The van der Waals surface area contributed by atoms with Gasteiger partial charge in [-0.1, -0.05) is 36.4 Å². The molecule has 0 spiro atoms. The van der Waals surface area contributed by atoms with Crippen LogP contribution in [-0.2, 0) is 27.5 Å². The van der Waals surface area contributed by atoms with Crippen molar-refractivity contribution in [2.75, 3.05) is 11.4 Å². The summed E-state index contributed by atoms with van der Waals surface area (Å²) in [4.78, 5) is 26.7. The second-order valence-electron chi connectivity index (χ2n) is 7.25. The molecule has 1 atom stereocenters. The number of amides is 2. The summed E-state index contributed by atoms with van der Waals surface area (Å²) < 4.78 is 6.48. The van der Waals surface area contributed by atoms with Gasteiger partial charge in [0.2, 0.25) is 11.8 Å². The molecule has 1 N–H and O–H groups in total. The van der Waals surface area contributed by atoms with Crippen molar-refractivity contribution in [2.45, 2.75) is 39.5 Å². The lowest BCUT2D eigenvalue weighted by molar-refractivity contribution is -0.126. The number of nitrogens with one attached hydrogen (secondary N) is 1. The fraction of sp³-hybridized carbons (Fsp3) is 0.364. The summed E-state index contributed by atoms with van der Waals surface area (Å²) in [5.74, 6) is -0.460. The monoisotopic (exact) mass is 444 g/mol. The van der Waals surface area contributed by atoms with Crippen molar-refractivity contribution in [3.05, 3.63) is 64.1 Å². The zero-order valence-electron chi connectivity index (χ0n) is 16.2. The van der Waals surface area contributed by atoms with E-state index in [0.717, 1.165) is 21.3 Å². The normalized spacial score (nSPS) is 16.6. The minimum atomic E-state index is -0.341. The summed E-state index contributed by atoms with van der Waals surface area (Å²) in [5.41, 5.74) is 2.91. The zero-order valence-corrected chi connectivity index (χ0v) is 17.7. The summed E-state index contributed by atoms with van der Waals surface area (Å²) in [6.07, 6.45) is 0.408. The lowest BCUT2D eigenvalue weighted by Gasteiger charge is -2.18. The molecule has 1 unspecified atom stereocenters. The maximum Gasteiger partial charge on any atom is 0.227 e. The van der Waals surface area contributed by atoms with Crippen LogP contribution in [0.1, 0.15) is 31.4 Å². The molecule has 2 aromatic carbocycles. The van der Waals surface area contributed by atoms with Crippen LogP contribution in [-0.4, -0.2) is 24.5 Å². The van der Waals surface area contributed by atoms with Crippen molar-refractivity contribution in [2.24, 2.45) is 5.92 Å². The average Bonchev–Trinajstić information content (AvgIpc) is 3.07. The van der Waals surface area contributed by atoms with Gasteiger partial charge in [0, 0.05) is 24.0 Å². The Morgan fingerprint density at radius 3 is 2.71 bits per heavy atom. The van der Waals surface area contributed by atoms with E-state index in [4.69, 9.17) is 4.74 Å². The quantitative estimate of drug-likeness (QED) is 0.700. The third-order valence-corrected chi connectivity index (χ3v) is 5.35. The number of ether oxygens (including phenoxy) is 1. The number of hydrogen-bond donors (Lipinski definition) is 1. The smallest absolute Gasteiger partial charge is 0.227 e. The van der Waals surface area contributed by atoms with Gasteiger partial charge in [0.25, 0.3) is 0 Å². The second kappa shape index (κ2) is 9.34. The number of benzene rings is 2. The Kier molecular flexibility index (Phi) is 6.86. The summed E-state index contributed by atoms with van der Waals surface area (Å²) >= 11 is 3.48. The Bertz CT molecular complexity index is 853. The Labute approximate surface area is 174 Å². The first-order chi connectivity index (χ1) is 13.4. The van der Waals surface area contributed by atoms with Crippen LogP contribution in [0.4, 0.5) is 5.69 Å². The molecule has 2 aromatic rings. The van der Waals surface area contributed by atoms with Gasteiger partial charge < -0.3 is 15.0 Å². The predicted octanol–water partition coefficient (Wildman–Crippen LogP) is 4.04. The second-order valence-corrected chi connectivity index (χ2v) is 8.11. The number of carbonyl (C=O) groups is 2. The van der Waals surface area contributed by atoms with Crippen molar-refractivity contribution < 1.29 is 14.3 Å². The van der Waals surface area contributed by atoms with Gasteiger partial charge in [-0.3, -0.25) is 9.59 Å². The number of para-hydroxylation sites is 1. The molecule has 0 bridgehead atoms. The van der Waals surface area contributed by atoms with E-state index < -0.39 is 0 Å². The van der Waals surface area contributed by atoms with Gasteiger partial charge >= 0.3 is 0 Å². The van der Waals surface area contributed by atoms with Gasteiger partial charge in [-0.25, -0.2) is 0 Å². The standard InChI is InChI=1S/C22H25BrN2O3/c1-15(2)28-14-17-7-5-6-16(10-17)12-24-22(27)18-11-21(26)25(13-18)20-9-4-3-8-19(20)23/h3-10,15,18H,11-14H2,1-2H3,(H,24,27). The van der Waals surface area contributed by atoms with Crippen LogP contribution >= 0.6 is 15.9 Å². The van der Waals surface area contributed by atoms with Crippen LogP contribution in [0, 0.1) is 5.92 Å². The predicted molar refractivity (Wildman–Crippen MR) is 113 cm³/mol. The molecule has 3 rings (SSSR count). The van der Waals surface area contributed by atoms with Gasteiger partial charge in [0.15, 0.2) is 0 Å². The van der Waals surface area contributed by atoms with Crippen molar-refractivity contribution in [3.8, 4) is 0 Å². The Hall–Kier alpha value is -2.18. The van der Waals surface area contributed by atoms with Gasteiger partial charge in [-0.15, -0.1) is 0 Å². The van der Waals surface area contributed by atoms with Gasteiger partial charge in [-0.05, 0) is 53.0 Å². The van der Waals surface area contributed by atoms with Crippen LogP contribution < -0.4 is 10.2 Å². The maximum absolute atomic E-state index is 12.6. The molecule has 0 aliphatic carbocycles. The fourth-order valence-electron chi connectivity index (χ4n) is 3.21. The Morgan fingerprint density at radius 1 is 1.21 bits per heavy atom. The summed E-state index contributed by atoms with van der Waals surface area (Å²) in [5, 5.41) is 2.97. The molecule has 1 aliphatic heterocycles. The van der Waals surface area contributed by atoms with Crippen LogP contribution in [0.5, 0.6) is 0 Å². The molecular weight excluding hydrogens is 420 g/mol. The number of carbonyl (C=O) groups excluding carboxylic acids is 2. The third-order valence-electron chi connectivity index (χ3n) is 4.68. The highest BCUT2D eigenvalue weighted by Crippen LogP contribution is 2.31. The molecule has 5 nitrogen and oxygen atoms in total. The number of hydrogen-bond acceptors (Lipinski definition) is 3. The lowest BCUT2D eigenvalue weighted by atomic mass is 10.1. The van der Waals surface area contributed by atoms with Crippen molar-refractivity contribution >= 4 is 33.4 Å². The highest BCUT2D eigenvalue weighted by atomic mass is 79.9. The molecule has 1 heterocycles. The largest absolute Gasteiger partial charge is 0.374 e. The molecule has 2 amide bonds. The van der Waals surface area contributed by atoms with Crippen molar-refractivity contribution in [3.63, 3.8) is 0 Å². The van der Waals surface area contributed by atoms with E-state index in [-0.39, 0.29) is 30.3 Å². The molecule has 148 valence electrons. The molecule has 0 radical (unpaired) electrons. The van der Waals surface area contributed by atoms with Crippen molar-refractivity contribution in [1.82, 2.24) is 5.32 Å². The lowest BCUT2D eigenvalue weighted by Crippen LogP contribution is -2.32. The minimum Gasteiger partial charge on any atom is -0.374 e. The van der Waals surface area contributed by atoms with Crippen LogP contribution in [0.25, 0.3) is 0 Å². The fourth-order valence-corrected chi connectivity index (χ4v) is 3.71. The molecule has 28 heavy (non-hydrogen) atoms. The Morgan fingerprint density at radius 2 is 1.96 bits per heavy atom. The molecular formula is C22H25BrN2O3. The number of halogens is 1. The maximum atomic E-state index is 12.6. The van der Waals surface area contributed by atoms with E-state index >= 15 is 0 Å². The number of nitrogens with zero attached hydrogens (tertiary/aromatic N) is 1. The molecule has 1 fully saturated rings. The van der Waals surface area contributed by atoms with Gasteiger partial charge in [0.05, 0.1) is 24.3 Å². The van der Waals surface area contributed by atoms with Crippen LogP contribution in [0.3, 0.4) is 0 Å². The van der Waals surface area contributed by atoms with E-state index in [0.29, 0.717) is 19.7 Å².